The smallest absolute Gasteiger partial charge is 0.322 e. The first kappa shape index (κ1) is 12.6. The molecule has 0 bridgehead atoms. The lowest BCUT2D eigenvalue weighted by molar-refractivity contribution is 0.321. The highest BCUT2D eigenvalue weighted by Gasteiger charge is 2.58. The van der Waals surface area contributed by atoms with Gasteiger partial charge in [0.2, 0.25) is 0 Å². The van der Waals surface area contributed by atoms with Gasteiger partial charge in [0.05, 0.1) is 0 Å². The summed E-state index contributed by atoms with van der Waals surface area (Å²) in [6.07, 6.45) is 0. The summed E-state index contributed by atoms with van der Waals surface area (Å²) in [6.45, 7) is 0. The molecule has 0 aliphatic rings. The maximum Gasteiger partial charge on any atom is 0.373 e. The van der Waals surface area contributed by atoms with Crippen LogP contribution in [0.5, 0.6) is 0 Å². The molecular formula is C2H8ClNO6P2. The number of halogens is 1. The van der Waals surface area contributed by atoms with E-state index in [1.165, 1.54) is 0 Å². The molecule has 0 unspecified atom stereocenters. The van der Waals surface area contributed by atoms with Crippen LogP contribution in [0.25, 0.3) is 0 Å². The van der Waals surface area contributed by atoms with Crippen LogP contribution in [0, 0.1) is 0 Å². The molecule has 0 aromatic carbocycles. The van der Waals surface area contributed by atoms with E-state index in [0.29, 0.717) is 0 Å². The van der Waals surface area contributed by atoms with Crippen LogP contribution in [-0.2, 0) is 9.13 Å². The first-order chi connectivity index (χ1) is 5.06. The van der Waals surface area contributed by atoms with Gasteiger partial charge < -0.3 is 19.6 Å². The average molecular weight is 239 g/mol. The van der Waals surface area contributed by atoms with Gasteiger partial charge in [0.1, 0.15) is 0 Å². The Labute approximate surface area is 73.1 Å². The van der Waals surface area contributed by atoms with Gasteiger partial charge in [-0.25, -0.2) is 0 Å². The average Bonchev–Trinajstić information content (AvgIpc) is 1.81. The van der Waals surface area contributed by atoms with Crippen molar-refractivity contribution >= 4 is 26.8 Å². The Bertz CT molecular complexity index is 232. The highest BCUT2D eigenvalue weighted by Crippen LogP contribution is 2.69. The highest BCUT2D eigenvalue weighted by molar-refractivity contribution is 7.75. The van der Waals surface area contributed by atoms with E-state index in [-0.39, 0.29) is 0 Å². The van der Waals surface area contributed by atoms with Crippen molar-refractivity contribution in [2.75, 3.05) is 7.05 Å². The summed E-state index contributed by atoms with van der Waals surface area (Å²) < 4.78 is 18.0. The number of nitrogens with one attached hydrogen (secondary N) is 1. The second-order valence-electron chi connectivity index (χ2n) is 1.93. The Balaban J connectivity index is 5.25. The second-order valence-corrected chi connectivity index (χ2v) is 6.89. The summed E-state index contributed by atoms with van der Waals surface area (Å²) in [5.74, 6) is 0. The standard InChI is InChI=1S/C2H8ClNO6P2/c1-4-2(3,11(5,6)7)12(8,9)10/h4H,1H3,(H2,5,6,7)(H2,8,9,10). The third kappa shape index (κ3) is 2.07. The molecule has 0 atom stereocenters. The Kier molecular flexibility index (Phi) is 3.52. The van der Waals surface area contributed by atoms with Crippen molar-refractivity contribution in [1.29, 1.82) is 0 Å². The molecule has 0 fully saturated rings. The maximum absolute atomic E-state index is 10.5. The quantitative estimate of drug-likeness (QED) is 0.253. The van der Waals surface area contributed by atoms with Crippen LogP contribution < -0.4 is 5.32 Å². The number of alkyl halides is 1. The van der Waals surface area contributed by atoms with Gasteiger partial charge in [0.25, 0.3) is 4.48 Å². The van der Waals surface area contributed by atoms with Crippen LogP contribution in [0.15, 0.2) is 0 Å². The first-order valence-corrected chi connectivity index (χ1v) is 6.15. The molecule has 0 heterocycles. The lowest BCUT2D eigenvalue weighted by atomic mass is 11.2. The second kappa shape index (κ2) is 3.36. The van der Waals surface area contributed by atoms with Crippen molar-refractivity contribution < 1.29 is 28.7 Å². The van der Waals surface area contributed by atoms with E-state index in [0.717, 1.165) is 7.05 Å². The van der Waals surface area contributed by atoms with Crippen LogP contribution in [0.2, 0.25) is 0 Å². The highest BCUT2D eigenvalue weighted by atomic mass is 35.5. The van der Waals surface area contributed by atoms with Gasteiger partial charge in [-0.15, -0.1) is 0 Å². The van der Waals surface area contributed by atoms with Crippen molar-refractivity contribution in [3.8, 4) is 0 Å². The van der Waals surface area contributed by atoms with Crippen molar-refractivity contribution in [1.82, 2.24) is 5.32 Å². The normalized spacial score (nSPS) is 14.8. The van der Waals surface area contributed by atoms with E-state index in [1.54, 1.807) is 5.32 Å². The molecule has 10 heteroatoms. The fourth-order valence-corrected chi connectivity index (χ4v) is 2.40. The van der Waals surface area contributed by atoms with Gasteiger partial charge in [0.15, 0.2) is 0 Å². The zero-order chi connectivity index (χ0) is 10.2. The SMILES string of the molecule is CNC(Cl)(P(=O)(O)O)P(=O)(O)O. The summed E-state index contributed by atoms with van der Waals surface area (Å²) in [4.78, 5) is 34.0. The van der Waals surface area contributed by atoms with Crippen LogP contribution >= 0.6 is 26.8 Å². The Morgan fingerprint density at radius 1 is 1.17 bits per heavy atom. The molecule has 0 aliphatic carbocycles. The van der Waals surface area contributed by atoms with Crippen LogP contribution in [-0.4, -0.2) is 31.1 Å². The van der Waals surface area contributed by atoms with Crippen LogP contribution in [0.1, 0.15) is 0 Å². The van der Waals surface area contributed by atoms with Gasteiger partial charge in [-0.2, -0.15) is 0 Å². The van der Waals surface area contributed by atoms with Gasteiger partial charge in [0, 0.05) is 0 Å². The first-order valence-electron chi connectivity index (χ1n) is 2.55. The number of hydrogen-bond donors (Lipinski definition) is 5. The van der Waals surface area contributed by atoms with E-state index in [9.17, 15) is 9.13 Å². The van der Waals surface area contributed by atoms with Crippen molar-refractivity contribution in [2.45, 2.75) is 4.48 Å². The lowest BCUT2D eigenvalue weighted by Gasteiger charge is -2.27. The van der Waals surface area contributed by atoms with Crippen molar-refractivity contribution in [2.24, 2.45) is 0 Å². The molecule has 0 saturated heterocycles. The summed E-state index contributed by atoms with van der Waals surface area (Å²) in [6, 6.07) is 0. The third-order valence-corrected chi connectivity index (χ3v) is 6.15. The topological polar surface area (TPSA) is 127 Å². The Hall–Kier alpha value is 0.550. The minimum absolute atomic E-state index is 0.936. The zero-order valence-electron chi connectivity index (χ0n) is 5.88. The van der Waals surface area contributed by atoms with Crippen LogP contribution in [0.3, 0.4) is 0 Å². The maximum atomic E-state index is 10.5. The summed E-state index contributed by atoms with van der Waals surface area (Å²) in [5.41, 5.74) is 0. The Morgan fingerprint density at radius 2 is 1.42 bits per heavy atom. The predicted octanol–water partition coefficient (Wildman–Crippen LogP) is -0.589. The Morgan fingerprint density at radius 3 is 1.42 bits per heavy atom. The predicted molar refractivity (Wildman–Crippen MR) is 41.7 cm³/mol. The molecule has 0 aromatic heterocycles. The minimum atomic E-state index is -5.12. The number of hydrogen-bond acceptors (Lipinski definition) is 3. The molecule has 0 aliphatic heterocycles. The van der Waals surface area contributed by atoms with E-state index in [1.807, 2.05) is 0 Å². The van der Waals surface area contributed by atoms with Crippen molar-refractivity contribution in [3.05, 3.63) is 0 Å². The molecule has 0 amide bonds. The summed E-state index contributed by atoms with van der Waals surface area (Å²) >= 11 is 5.04. The van der Waals surface area contributed by atoms with Gasteiger partial charge in [-0.1, -0.05) is 11.6 Å². The van der Waals surface area contributed by atoms with Gasteiger partial charge >= 0.3 is 15.2 Å². The van der Waals surface area contributed by atoms with Gasteiger partial charge in [-0.3, -0.25) is 14.4 Å². The molecule has 0 rings (SSSR count). The fourth-order valence-electron chi connectivity index (χ4n) is 0.461. The zero-order valence-corrected chi connectivity index (χ0v) is 8.42. The molecule has 74 valence electrons. The molecule has 0 aromatic rings. The molecule has 7 nitrogen and oxygen atoms in total. The molecule has 0 radical (unpaired) electrons. The molecule has 5 N–H and O–H groups in total. The largest absolute Gasteiger partial charge is 0.373 e. The fraction of sp³-hybridized carbons (Fsp3) is 1.00. The minimum Gasteiger partial charge on any atom is -0.322 e. The van der Waals surface area contributed by atoms with E-state index in [4.69, 9.17) is 31.2 Å². The molecule has 0 saturated carbocycles. The number of rotatable bonds is 3. The third-order valence-electron chi connectivity index (χ3n) is 1.09. The summed E-state index contributed by atoms with van der Waals surface area (Å²) in [7, 11) is -9.30. The van der Waals surface area contributed by atoms with E-state index < -0.39 is 19.7 Å². The monoisotopic (exact) mass is 239 g/mol. The van der Waals surface area contributed by atoms with Crippen molar-refractivity contribution in [3.63, 3.8) is 0 Å². The van der Waals surface area contributed by atoms with E-state index in [2.05, 4.69) is 0 Å². The molecule has 0 spiro atoms. The van der Waals surface area contributed by atoms with E-state index >= 15 is 0 Å². The summed E-state index contributed by atoms with van der Waals surface area (Å²) in [5, 5.41) is 1.70. The van der Waals surface area contributed by atoms with Gasteiger partial charge in [-0.05, 0) is 7.05 Å². The molecule has 12 heavy (non-hydrogen) atoms. The lowest BCUT2D eigenvalue weighted by Crippen LogP contribution is -2.36. The van der Waals surface area contributed by atoms with Crippen LogP contribution in [0.4, 0.5) is 0 Å². The molecular weight excluding hydrogens is 231 g/mol.